The van der Waals surface area contributed by atoms with Gasteiger partial charge in [0.2, 0.25) is 0 Å². The number of benzene rings is 3. The maximum atomic E-state index is 5.18. The molecule has 0 saturated heterocycles. The van der Waals surface area contributed by atoms with Gasteiger partial charge in [-0.1, -0.05) is 54.6 Å². The van der Waals surface area contributed by atoms with E-state index >= 15 is 0 Å². The Morgan fingerprint density at radius 3 is 1.38 bits per heavy atom. The highest BCUT2D eigenvalue weighted by Gasteiger charge is 2.44. The summed E-state index contributed by atoms with van der Waals surface area (Å²) in [5, 5.41) is 4.18. The Labute approximate surface area is 145 Å². The molecular weight excluding hydrogens is 311 g/mol. The predicted molar refractivity (Wildman–Crippen MR) is 106 cm³/mol. The first-order valence-electron chi connectivity index (χ1n) is 8.10. The van der Waals surface area contributed by atoms with Gasteiger partial charge in [0.1, 0.15) is 23.2 Å². The SMILES string of the molecule is COC=CC[P+](c1ccccc1)(c1ccccc1)c1ccccc1. The first-order chi connectivity index (χ1) is 11.9. The maximum Gasteiger partial charge on any atom is 0.116 e. The standard InChI is InChI=1S/C22H22OP/c1-23-18-11-19-24(20-12-5-2-6-13-20,21-14-7-3-8-15-21)22-16-9-4-10-17-22/h2-18H,19H2,1H3/q+1. The van der Waals surface area contributed by atoms with Gasteiger partial charge in [-0.15, -0.1) is 0 Å². The van der Waals surface area contributed by atoms with Crippen LogP contribution in [0.15, 0.2) is 103 Å². The zero-order chi connectivity index (χ0) is 16.7. The van der Waals surface area contributed by atoms with Crippen LogP contribution < -0.4 is 15.9 Å². The third-order valence-electron chi connectivity index (χ3n) is 4.20. The Bertz CT molecular complexity index is 670. The molecule has 0 bridgehead atoms. The minimum Gasteiger partial charge on any atom is -0.505 e. The molecule has 0 aliphatic heterocycles. The molecule has 3 aromatic rings. The lowest BCUT2D eigenvalue weighted by molar-refractivity contribution is 0.337. The van der Waals surface area contributed by atoms with E-state index in [-0.39, 0.29) is 0 Å². The van der Waals surface area contributed by atoms with E-state index in [2.05, 4.69) is 97.1 Å². The number of allylic oxidation sites excluding steroid dienone is 1. The van der Waals surface area contributed by atoms with Crippen molar-refractivity contribution in [1.29, 1.82) is 0 Å². The van der Waals surface area contributed by atoms with Gasteiger partial charge in [-0.3, -0.25) is 0 Å². The quantitative estimate of drug-likeness (QED) is 0.487. The topological polar surface area (TPSA) is 9.23 Å². The lowest BCUT2D eigenvalue weighted by Gasteiger charge is -2.26. The monoisotopic (exact) mass is 333 g/mol. The van der Waals surface area contributed by atoms with Gasteiger partial charge in [0.05, 0.1) is 19.5 Å². The summed E-state index contributed by atoms with van der Waals surface area (Å²) in [6, 6.07) is 32.6. The molecule has 24 heavy (non-hydrogen) atoms. The molecule has 0 N–H and O–H groups in total. The number of methoxy groups -OCH3 is 1. The largest absolute Gasteiger partial charge is 0.505 e. The van der Waals surface area contributed by atoms with Crippen molar-refractivity contribution < 1.29 is 4.74 Å². The van der Waals surface area contributed by atoms with Crippen LogP contribution in [-0.2, 0) is 4.74 Å². The second-order valence-corrected chi connectivity index (χ2v) is 9.14. The van der Waals surface area contributed by atoms with Crippen LogP contribution in [0.2, 0.25) is 0 Å². The summed E-state index contributed by atoms with van der Waals surface area (Å²) >= 11 is 0. The fourth-order valence-electron chi connectivity index (χ4n) is 3.11. The third-order valence-corrected chi connectivity index (χ3v) is 8.50. The lowest BCUT2D eigenvalue weighted by atomic mass is 10.4. The zero-order valence-electron chi connectivity index (χ0n) is 13.9. The van der Waals surface area contributed by atoms with Crippen molar-refractivity contribution in [2.45, 2.75) is 0 Å². The molecule has 0 aliphatic rings. The van der Waals surface area contributed by atoms with E-state index in [4.69, 9.17) is 4.74 Å². The molecule has 0 amide bonds. The molecule has 120 valence electrons. The average molecular weight is 333 g/mol. The van der Waals surface area contributed by atoms with E-state index in [1.807, 2.05) is 0 Å². The van der Waals surface area contributed by atoms with Gasteiger partial charge in [-0.05, 0) is 42.5 Å². The van der Waals surface area contributed by atoms with Gasteiger partial charge < -0.3 is 4.74 Å². The van der Waals surface area contributed by atoms with E-state index in [1.54, 1.807) is 13.4 Å². The van der Waals surface area contributed by atoms with Crippen molar-refractivity contribution in [3.63, 3.8) is 0 Å². The Morgan fingerprint density at radius 1 is 0.667 bits per heavy atom. The minimum atomic E-state index is -1.75. The van der Waals surface area contributed by atoms with Crippen molar-refractivity contribution in [2.75, 3.05) is 13.3 Å². The maximum absolute atomic E-state index is 5.18. The van der Waals surface area contributed by atoms with Crippen LogP contribution in [0.25, 0.3) is 0 Å². The molecule has 0 spiro atoms. The van der Waals surface area contributed by atoms with Crippen LogP contribution in [0.5, 0.6) is 0 Å². The summed E-state index contributed by atoms with van der Waals surface area (Å²) in [6.45, 7) is 0. The van der Waals surface area contributed by atoms with Crippen LogP contribution in [0.1, 0.15) is 0 Å². The Balaban J connectivity index is 2.26. The van der Waals surface area contributed by atoms with Crippen molar-refractivity contribution in [3.8, 4) is 0 Å². The molecule has 1 nitrogen and oxygen atoms in total. The summed E-state index contributed by atoms with van der Waals surface area (Å²) in [5.74, 6) is 0. The fourth-order valence-corrected chi connectivity index (χ4v) is 7.08. The Hall–Kier alpha value is -2.37. The molecule has 0 saturated carbocycles. The van der Waals surface area contributed by atoms with E-state index in [1.165, 1.54) is 15.9 Å². The van der Waals surface area contributed by atoms with Gasteiger partial charge in [-0.2, -0.15) is 0 Å². The van der Waals surface area contributed by atoms with E-state index in [0.717, 1.165) is 6.16 Å². The van der Waals surface area contributed by atoms with E-state index in [9.17, 15) is 0 Å². The second kappa shape index (κ2) is 7.95. The first-order valence-corrected chi connectivity index (χ1v) is 10.1. The molecule has 0 unspecified atom stereocenters. The summed E-state index contributed by atoms with van der Waals surface area (Å²) < 4.78 is 5.18. The van der Waals surface area contributed by atoms with Crippen LogP contribution in [0, 0.1) is 0 Å². The van der Waals surface area contributed by atoms with Gasteiger partial charge in [-0.25, -0.2) is 0 Å². The van der Waals surface area contributed by atoms with E-state index < -0.39 is 7.26 Å². The lowest BCUT2D eigenvalue weighted by Crippen LogP contribution is -2.32. The van der Waals surface area contributed by atoms with Gasteiger partial charge >= 0.3 is 0 Å². The number of rotatable bonds is 6. The highest BCUT2D eigenvalue weighted by Crippen LogP contribution is 2.55. The normalized spacial score (nSPS) is 11.5. The van der Waals surface area contributed by atoms with Crippen LogP contribution in [-0.4, -0.2) is 13.3 Å². The van der Waals surface area contributed by atoms with E-state index in [0.29, 0.717) is 0 Å². The summed E-state index contributed by atoms with van der Waals surface area (Å²) in [6.07, 6.45) is 4.89. The molecule has 0 aliphatic carbocycles. The highest BCUT2D eigenvalue weighted by atomic mass is 31.2. The Morgan fingerprint density at radius 2 is 1.04 bits per heavy atom. The number of ether oxygens (including phenoxy) is 1. The average Bonchev–Trinajstić information content (AvgIpc) is 2.68. The molecule has 3 rings (SSSR count). The molecule has 0 fully saturated rings. The van der Waals surface area contributed by atoms with Crippen molar-refractivity contribution in [2.24, 2.45) is 0 Å². The van der Waals surface area contributed by atoms with Crippen molar-refractivity contribution >= 4 is 23.2 Å². The molecule has 0 atom stereocenters. The van der Waals surface area contributed by atoms with Gasteiger partial charge in [0, 0.05) is 0 Å². The van der Waals surface area contributed by atoms with Crippen LogP contribution in [0.3, 0.4) is 0 Å². The second-order valence-electron chi connectivity index (χ2n) is 5.61. The molecular formula is C22H22OP+. The summed E-state index contributed by atoms with van der Waals surface area (Å²) in [7, 11) is -0.0512. The number of hydrogen-bond acceptors (Lipinski definition) is 1. The summed E-state index contributed by atoms with van der Waals surface area (Å²) in [5.41, 5.74) is 0. The van der Waals surface area contributed by atoms with Gasteiger partial charge in [0.25, 0.3) is 0 Å². The third kappa shape index (κ3) is 3.27. The molecule has 2 heteroatoms. The molecule has 0 aromatic heterocycles. The van der Waals surface area contributed by atoms with Crippen LogP contribution in [0.4, 0.5) is 0 Å². The van der Waals surface area contributed by atoms with Crippen LogP contribution >= 0.6 is 7.26 Å². The van der Waals surface area contributed by atoms with Gasteiger partial charge in [0.15, 0.2) is 0 Å². The smallest absolute Gasteiger partial charge is 0.116 e. The zero-order valence-corrected chi connectivity index (χ0v) is 14.8. The molecule has 3 aromatic carbocycles. The first kappa shape index (κ1) is 16.5. The van der Waals surface area contributed by atoms with Crippen molar-refractivity contribution in [3.05, 3.63) is 103 Å². The molecule has 0 heterocycles. The minimum absolute atomic E-state index is 0.943. The van der Waals surface area contributed by atoms with Crippen molar-refractivity contribution in [1.82, 2.24) is 0 Å². The predicted octanol–water partition coefficient (Wildman–Crippen LogP) is 4.14. The number of hydrogen-bond donors (Lipinski definition) is 0. The fraction of sp³-hybridized carbons (Fsp3) is 0.0909. The highest BCUT2D eigenvalue weighted by molar-refractivity contribution is 7.95. The molecule has 0 radical (unpaired) electrons. The summed E-state index contributed by atoms with van der Waals surface area (Å²) in [4.78, 5) is 0. The Kier molecular flexibility index (Phi) is 5.46.